The number of esters is 5. The summed E-state index contributed by atoms with van der Waals surface area (Å²) in [5, 5.41) is 4.12. The number of halogens is 5. The Hall–Kier alpha value is -4.42. The predicted molar refractivity (Wildman–Crippen MR) is 243 cm³/mol. The lowest BCUT2D eigenvalue weighted by molar-refractivity contribution is -0.166. The van der Waals surface area contributed by atoms with Crippen molar-refractivity contribution in [3.8, 4) is 0 Å². The van der Waals surface area contributed by atoms with Gasteiger partial charge in [-0.1, -0.05) is 84.5 Å². The van der Waals surface area contributed by atoms with Crippen molar-refractivity contribution in [1.82, 2.24) is 5.32 Å². The first-order valence-corrected chi connectivity index (χ1v) is 19.7. The second-order valence-electron chi connectivity index (χ2n) is 12.6. The Morgan fingerprint density at radius 1 is 0.738 bits per heavy atom. The van der Waals surface area contributed by atoms with E-state index in [0.717, 1.165) is 0 Å². The van der Waals surface area contributed by atoms with E-state index in [2.05, 4.69) is 10.1 Å². The fourth-order valence-corrected chi connectivity index (χ4v) is 5.91. The standard InChI is InChI=1S/C21H23Cl2NO5.C16H16Cl2O5.C5H9NO2.HI/c1-5-7-16(26)28-10-29-21(27)18-12(3)24-11(2)17(13(4)25)19(18)14-8-6-9-15(22)20(14)23;1-3-5-14(20)22-9-23-16(21)12(10(2)19)8-11-6-4-7-13(17)15(11)18;1-4(6)3-5(7)8-2;/h6,8-9,19,24H,5,7,10H2,1-4H3;4,6-8H,3,5,9H2,1-2H3;3H,6H2,1-2H3;1H/b;12-8-;4-3+;. The van der Waals surface area contributed by atoms with Crippen molar-refractivity contribution in [3.63, 3.8) is 0 Å². The topological polar surface area (TPSA) is 204 Å². The number of rotatable bonds is 15. The van der Waals surface area contributed by atoms with Gasteiger partial charge in [0.2, 0.25) is 13.6 Å². The molecule has 2 aromatic carbocycles. The molecule has 61 heavy (non-hydrogen) atoms. The van der Waals surface area contributed by atoms with E-state index in [1.165, 1.54) is 33.1 Å². The zero-order valence-electron chi connectivity index (χ0n) is 34.8. The van der Waals surface area contributed by atoms with Gasteiger partial charge in [-0.2, -0.15) is 0 Å². The summed E-state index contributed by atoms with van der Waals surface area (Å²) in [4.78, 5) is 81.8. The quantitative estimate of drug-likeness (QED) is 0.0325. The third-order valence-electron chi connectivity index (χ3n) is 7.81. The molecule has 19 heteroatoms. The summed E-state index contributed by atoms with van der Waals surface area (Å²) in [7, 11) is 1.31. The van der Waals surface area contributed by atoms with Gasteiger partial charge in [-0.25, -0.2) is 14.4 Å². The number of benzene rings is 2. The summed E-state index contributed by atoms with van der Waals surface area (Å²) in [5.41, 5.74) is 8.00. The normalized spacial score (nSPS) is 13.4. The van der Waals surface area contributed by atoms with Crippen molar-refractivity contribution in [1.29, 1.82) is 0 Å². The third kappa shape index (κ3) is 19.0. The number of methoxy groups -OCH3 is 1. The molecule has 1 atom stereocenters. The van der Waals surface area contributed by atoms with E-state index >= 15 is 0 Å². The molecule has 0 saturated carbocycles. The van der Waals surface area contributed by atoms with E-state index in [1.54, 1.807) is 57.2 Å². The van der Waals surface area contributed by atoms with Crippen molar-refractivity contribution in [2.45, 2.75) is 80.1 Å². The van der Waals surface area contributed by atoms with Crippen LogP contribution in [0.5, 0.6) is 0 Å². The van der Waals surface area contributed by atoms with Crippen molar-refractivity contribution >= 4 is 118 Å². The number of dihydropyridines is 1. The number of hydrogen-bond acceptors (Lipinski definition) is 14. The summed E-state index contributed by atoms with van der Waals surface area (Å²) < 4.78 is 23.8. The summed E-state index contributed by atoms with van der Waals surface area (Å²) in [6.45, 7) is 10.3. The highest BCUT2D eigenvalue weighted by Gasteiger charge is 2.37. The molecule has 0 bridgehead atoms. The number of nitrogens with one attached hydrogen (secondary N) is 1. The Bertz CT molecular complexity index is 2060. The molecule has 0 amide bonds. The summed E-state index contributed by atoms with van der Waals surface area (Å²) in [5.74, 6) is -4.46. The number of ketones is 2. The fraction of sp³-hybridized carbons (Fsp3) is 0.357. The molecule has 0 spiro atoms. The van der Waals surface area contributed by atoms with Gasteiger partial charge in [0.25, 0.3) is 0 Å². The highest BCUT2D eigenvalue weighted by atomic mass is 127. The van der Waals surface area contributed by atoms with E-state index in [1.807, 2.05) is 13.8 Å². The molecule has 0 aliphatic carbocycles. The Labute approximate surface area is 392 Å². The Balaban J connectivity index is 0.00000100. The lowest BCUT2D eigenvalue weighted by Gasteiger charge is -2.31. The van der Waals surface area contributed by atoms with Crippen LogP contribution in [-0.4, -0.2) is 62.1 Å². The molecule has 14 nitrogen and oxygen atoms in total. The number of nitrogens with two attached hydrogens (primary N) is 1. The molecule has 0 fully saturated rings. The van der Waals surface area contributed by atoms with Gasteiger partial charge in [-0.15, -0.1) is 24.0 Å². The van der Waals surface area contributed by atoms with Gasteiger partial charge >= 0.3 is 29.8 Å². The number of carbonyl (C=O) groups is 7. The lowest BCUT2D eigenvalue weighted by Crippen LogP contribution is -2.31. The zero-order valence-corrected chi connectivity index (χ0v) is 40.2. The van der Waals surface area contributed by atoms with E-state index in [4.69, 9.17) is 71.1 Å². The maximum absolute atomic E-state index is 12.9. The van der Waals surface area contributed by atoms with E-state index in [0.29, 0.717) is 56.7 Å². The van der Waals surface area contributed by atoms with Crippen molar-refractivity contribution in [2.75, 3.05) is 20.7 Å². The molecule has 1 heterocycles. The largest absolute Gasteiger partial charge is 0.466 e. The van der Waals surface area contributed by atoms with E-state index in [-0.39, 0.29) is 63.8 Å². The fourth-order valence-electron chi connectivity index (χ4n) is 5.13. The van der Waals surface area contributed by atoms with Gasteiger partial charge in [0.05, 0.1) is 32.8 Å². The van der Waals surface area contributed by atoms with E-state index < -0.39 is 55.1 Å². The average molecular weight is 1040 g/mol. The van der Waals surface area contributed by atoms with Crippen LogP contribution in [0, 0.1) is 0 Å². The first kappa shape index (κ1) is 56.6. The van der Waals surface area contributed by atoms with Crippen molar-refractivity contribution < 1.29 is 57.2 Å². The Morgan fingerprint density at radius 2 is 1.25 bits per heavy atom. The Kier molecular flexibility index (Phi) is 26.9. The van der Waals surface area contributed by atoms with Crippen LogP contribution in [0.1, 0.15) is 91.2 Å². The number of allylic oxidation sites excluding steroid dienone is 4. The van der Waals surface area contributed by atoms with Crippen LogP contribution >= 0.6 is 70.4 Å². The smallest absolute Gasteiger partial charge is 0.344 e. The van der Waals surface area contributed by atoms with Gasteiger partial charge in [-0.3, -0.25) is 19.2 Å². The van der Waals surface area contributed by atoms with Gasteiger partial charge in [-0.05, 0) is 76.8 Å². The minimum atomic E-state index is -0.905. The molecule has 0 aromatic heterocycles. The molecule has 1 aliphatic rings. The van der Waals surface area contributed by atoms with Crippen LogP contribution < -0.4 is 11.1 Å². The zero-order chi connectivity index (χ0) is 45.7. The van der Waals surface area contributed by atoms with Gasteiger partial charge in [0, 0.05) is 47.5 Å². The molecular weight excluding hydrogens is 993 g/mol. The SMILES string of the molecule is CCCC(=O)OCOC(=O)/C(=C\c1cccc(Cl)c1Cl)C(C)=O.CCCC(=O)OCOC(=O)C1=C(C)NC(C)=C(C(C)=O)C1c1cccc(Cl)c1Cl.COC(=O)/C=C(\C)N.I. The highest BCUT2D eigenvalue weighted by Crippen LogP contribution is 2.43. The van der Waals surface area contributed by atoms with Crippen molar-refractivity contribution in [3.05, 3.63) is 108 Å². The molecule has 0 saturated heterocycles. The van der Waals surface area contributed by atoms with E-state index in [9.17, 15) is 33.6 Å². The molecule has 0 radical (unpaired) electrons. The Morgan fingerprint density at radius 3 is 1.72 bits per heavy atom. The van der Waals surface area contributed by atoms with Gasteiger partial charge < -0.3 is 34.7 Å². The second-order valence-corrected chi connectivity index (χ2v) is 14.2. The van der Waals surface area contributed by atoms with Crippen LogP contribution in [-0.2, 0) is 57.2 Å². The van der Waals surface area contributed by atoms with Crippen LogP contribution in [0.15, 0.2) is 76.3 Å². The monoisotopic (exact) mass is 1040 g/mol. The molecule has 3 rings (SSSR count). The third-order valence-corrected chi connectivity index (χ3v) is 9.47. The second kappa shape index (κ2) is 29.0. The number of Topliss-reactive ketones (excluding diaryl/α,β-unsaturated/α-hetero) is 2. The predicted octanol–water partition coefficient (Wildman–Crippen LogP) is 9.11. The van der Waals surface area contributed by atoms with Crippen LogP contribution in [0.25, 0.3) is 6.08 Å². The number of ether oxygens (including phenoxy) is 5. The maximum atomic E-state index is 12.9. The summed E-state index contributed by atoms with van der Waals surface area (Å²) in [6, 6.07) is 9.85. The maximum Gasteiger partial charge on any atom is 0.344 e. The van der Waals surface area contributed by atoms with Crippen LogP contribution in [0.4, 0.5) is 0 Å². The first-order valence-electron chi connectivity index (χ1n) is 18.2. The number of carbonyl (C=O) groups excluding carboxylic acids is 7. The van der Waals surface area contributed by atoms with Crippen LogP contribution in [0.2, 0.25) is 20.1 Å². The van der Waals surface area contributed by atoms with Gasteiger partial charge in [0.1, 0.15) is 5.57 Å². The minimum absolute atomic E-state index is 0. The average Bonchev–Trinajstić information content (AvgIpc) is 3.16. The summed E-state index contributed by atoms with van der Waals surface area (Å²) in [6.07, 6.45) is 4.22. The molecule has 3 N–H and O–H groups in total. The molecule has 1 aliphatic heterocycles. The van der Waals surface area contributed by atoms with Crippen LogP contribution in [0.3, 0.4) is 0 Å². The molecule has 334 valence electrons. The molecular formula is C42H49Cl4IN2O12. The summed E-state index contributed by atoms with van der Waals surface area (Å²) >= 11 is 24.5. The minimum Gasteiger partial charge on any atom is -0.466 e. The molecule has 2 aromatic rings. The number of hydrogen-bond donors (Lipinski definition) is 2. The van der Waals surface area contributed by atoms with Gasteiger partial charge in [0.15, 0.2) is 11.6 Å². The first-order chi connectivity index (χ1) is 28.2. The van der Waals surface area contributed by atoms with Crippen molar-refractivity contribution in [2.24, 2.45) is 5.73 Å². The lowest BCUT2D eigenvalue weighted by atomic mass is 9.79. The molecule has 1 unspecified atom stereocenters. The highest BCUT2D eigenvalue weighted by molar-refractivity contribution is 14.0.